The Morgan fingerprint density at radius 3 is 2.36 bits per heavy atom. The van der Waals surface area contributed by atoms with Gasteiger partial charge in [0, 0.05) is 0 Å². The van der Waals surface area contributed by atoms with Crippen molar-refractivity contribution in [2.45, 2.75) is 52.9 Å². The largest absolute Gasteiger partial charge is 0.299 e. The maximum absolute atomic E-state index is 10.0. The molecule has 0 bridgehead atoms. The molecule has 1 nitrogen and oxygen atoms in total. The fraction of sp³-hybridized carbons (Fsp3) is 0.769. The van der Waals surface area contributed by atoms with Gasteiger partial charge in [-0.05, 0) is 30.8 Å². The van der Waals surface area contributed by atoms with E-state index in [2.05, 4.69) is 20.8 Å². The average molecular weight is 196 g/mol. The Balaban J connectivity index is 3.31. The summed E-state index contributed by atoms with van der Waals surface area (Å²) in [6.07, 6.45) is 10.7. The second-order valence-electron chi connectivity index (χ2n) is 4.57. The van der Waals surface area contributed by atoms with Crippen molar-refractivity contribution in [3.05, 3.63) is 12.2 Å². The third kappa shape index (κ3) is 9.50. The molecule has 0 aromatic carbocycles. The molecule has 0 aromatic rings. The average Bonchev–Trinajstić information content (AvgIpc) is 2.12. The molecule has 0 N–H and O–H groups in total. The Morgan fingerprint density at radius 1 is 1.07 bits per heavy atom. The molecular weight excluding hydrogens is 172 g/mol. The lowest BCUT2D eigenvalue weighted by Gasteiger charge is -2.10. The van der Waals surface area contributed by atoms with Crippen LogP contribution in [0.2, 0.25) is 0 Å². The van der Waals surface area contributed by atoms with E-state index in [0.717, 1.165) is 24.5 Å². The van der Waals surface area contributed by atoms with Crippen LogP contribution in [0, 0.1) is 11.8 Å². The van der Waals surface area contributed by atoms with Gasteiger partial charge in [0.25, 0.3) is 0 Å². The molecule has 0 rings (SSSR count). The standard InChI is InChI=1S/C13H24O/c1-12(2)8-7-10-13(3)9-5-4-6-11-14/h4,6,11-13H,5,7-10H2,1-3H3. The summed E-state index contributed by atoms with van der Waals surface area (Å²) in [4.78, 5) is 10.0. The highest BCUT2D eigenvalue weighted by atomic mass is 16.1. The van der Waals surface area contributed by atoms with Gasteiger partial charge >= 0.3 is 0 Å². The Morgan fingerprint density at radius 2 is 1.79 bits per heavy atom. The zero-order valence-electron chi connectivity index (χ0n) is 9.83. The first kappa shape index (κ1) is 13.4. The fourth-order valence-corrected chi connectivity index (χ4v) is 1.55. The highest BCUT2D eigenvalue weighted by Gasteiger charge is 2.01. The van der Waals surface area contributed by atoms with Gasteiger partial charge in [-0.1, -0.05) is 46.1 Å². The molecule has 0 aromatic heterocycles. The SMILES string of the molecule is CC(C)CCCC(C)CCC=CC=O. The van der Waals surface area contributed by atoms with E-state index in [9.17, 15) is 4.79 Å². The Kier molecular flexibility index (Phi) is 8.61. The molecule has 0 radical (unpaired) electrons. The van der Waals surface area contributed by atoms with Crippen LogP contribution < -0.4 is 0 Å². The van der Waals surface area contributed by atoms with Gasteiger partial charge in [-0.3, -0.25) is 4.79 Å². The molecule has 0 amide bonds. The van der Waals surface area contributed by atoms with Gasteiger partial charge < -0.3 is 0 Å². The van der Waals surface area contributed by atoms with E-state index in [0.29, 0.717) is 0 Å². The van der Waals surface area contributed by atoms with Crippen LogP contribution in [0.25, 0.3) is 0 Å². The molecule has 0 aliphatic carbocycles. The van der Waals surface area contributed by atoms with E-state index in [1.807, 2.05) is 6.08 Å². The van der Waals surface area contributed by atoms with Crippen molar-refractivity contribution in [2.24, 2.45) is 11.8 Å². The van der Waals surface area contributed by atoms with Gasteiger partial charge in [0.2, 0.25) is 0 Å². The summed E-state index contributed by atoms with van der Waals surface area (Å²) >= 11 is 0. The van der Waals surface area contributed by atoms with Crippen molar-refractivity contribution >= 4 is 6.29 Å². The highest BCUT2D eigenvalue weighted by molar-refractivity contribution is 5.64. The molecule has 0 aliphatic heterocycles. The minimum Gasteiger partial charge on any atom is -0.299 e. The molecule has 0 aliphatic rings. The van der Waals surface area contributed by atoms with Gasteiger partial charge in [0.15, 0.2) is 0 Å². The summed E-state index contributed by atoms with van der Waals surface area (Å²) in [5.41, 5.74) is 0. The lowest BCUT2D eigenvalue weighted by molar-refractivity contribution is -0.104. The molecule has 0 saturated heterocycles. The van der Waals surface area contributed by atoms with Gasteiger partial charge in [-0.25, -0.2) is 0 Å². The summed E-state index contributed by atoms with van der Waals surface area (Å²) in [5.74, 6) is 1.63. The smallest absolute Gasteiger partial charge is 0.142 e. The van der Waals surface area contributed by atoms with E-state index in [1.165, 1.54) is 25.7 Å². The predicted molar refractivity (Wildman–Crippen MR) is 62.3 cm³/mol. The zero-order valence-corrected chi connectivity index (χ0v) is 9.83. The first-order chi connectivity index (χ1) is 6.66. The summed E-state index contributed by atoms with van der Waals surface area (Å²) in [6, 6.07) is 0. The molecule has 0 saturated carbocycles. The number of aldehydes is 1. The number of hydrogen-bond acceptors (Lipinski definition) is 1. The van der Waals surface area contributed by atoms with Crippen LogP contribution in [-0.2, 0) is 4.79 Å². The number of rotatable bonds is 8. The van der Waals surface area contributed by atoms with E-state index in [-0.39, 0.29) is 0 Å². The Hall–Kier alpha value is -0.590. The van der Waals surface area contributed by atoms with Crippen LogP contribution in [0.1, 0.15) is 52.9 Å². The fourth-order valence-electron chi connectivity index (χ4n) is 1.55. The van der Waals surface area contributed by atoms with Crippen molar-refractivity contribution in [2.75, 3.05) is 0 Å². The van der Waals surface area contributed by atoms with Crippen LogP contribution in [0.15, 0.2) is 12.2 Å². The van der Waals surface area contributed by atoms with Gasteiger partial charge in [-0.2, -0.15) is 0 Å². The van der Waals surface area contributed by atoms with Crippen LogP contribution >= 0.6 is 0 Å². The molecule has 14 heavy (non-hydrogen) atoms. The summed E-state index contributed by atoms with van der Waals surface area (Å²) in [6.45, 7) is 6.85. The maximum atomic E-state index is 10.0. The monoisotopic (exact) mass is 196 g/mol. The molecule has 1 atom stereocenters. The zero-order chi connectivity index (χ0) is 10.8. The Bertz CT molecular complexity index is 159. The van der Waals surface area contributed by atoms with Gasteiger partial charge in [0.1, 0.15) is 6.29 Å². The van der Waals surface area contributed by atoms with Gasteiger partial charge in [0.05, 0.1) is 0 Å². The normalized spacial score (nSPS) is 13.7. The molecular formula is C13H24O. The molecule has 0 fully saturated rings. The van der Waals surface area contributed by atoms with E-state index < -0.39 is 0 Å². The molecule has 0 spiro atoms. The highest BCUT2D eigenvalue weighted by Crippen LogP contribution is 2.16. The Labute approximate surface area is 88.6 Å². The number of allylic oxidation sites excluding steroid dienone is 2. The minimum absolute atomic E-state index is 0.796. The van der Waals surface area contributed by atoms with Crippen LogP contribution in [0.4, 0.5) is 0 Å². The predicted octanol–water partition coefficient (Wildman–Crippen LogP) is 3.98. The maximum Gasteiger partial charge on any atom is 0.142 e. The number of hydrogen-bond donors (Lipinski definition) is 0. The van der Waals surface area contributed by atoms with Crippen molar-refractivity contribution in [1.82, 2.24) is 0 Å². The number of carbonyl (C=O) groups excluding carboxylic acids is 1. The van der Waals surface area contributed by atoms with E-state index in [1.54, 1.807) is 6.08 Å². The number of carbonyl (C=O) groups is 1. The second kappa shape index (κ2) is 8.98. The quantitative estimate of drug-likeness (QED) is 0.424. The van der Waals surface area contributed by atoms with E-state index in [4.69, 9.17) is 0 Å². The lowest BCUT2D eigenvalue weighted by atomic mass is 9.96. The van der Waals surface area contributed by atoms with Crippen LogP contribution in [-0.4, -0.2) is 6.29 Å². The van der Waals surface area contributed by atoms with Crippen molar-refractivity contribution in [3.8, 4) is 0 Å². The van der Waals surface area contributed by atoms with Crippen molar-refractivity contribution in [1.29, 1.82) is 0 Å². The molecule has 1 heteroatoms. The van der Waals surface area contributed by atoms with Crippen LogP contribution in [0.3, 0.4) is 0 Å². The lowest BCUT2D eigenvalue weighted by Crippen LogP contribution is -1.96. The van der Waals surface area contributed by atoms with E-state index >= 15 is 0 Å². The molecule has 1 unspecified atom stereocenters. The second-order valence-corrected chi connectivity index (χ2v) is 4.57. The first-order valence-corrected chi connectivity index (χ1v) is 5.77. The minimum atomic E-state index is 0.796. The first-order valence-electron chi connectivity index (χ1n) is 5.77. The third-order valence-corrected chi connectivity index (χ3v) is 2.52. The van der Waals surface area contributed by atoms with Crippen molar-refractivity contribution < 1.29 is 4.79 Å². The molecule has 82 valence electrons. The summed E-state index contributed by atoms with van der Waals surface area (Å²) < 4.78 is 0. The molecule has 0 heterocycles. The van der Waals surface area contributed by atoms with Crippen LogP contribution in [0.5, 0.6) is 0 Å². The van der Waals surface area contributed by atoms with Gasteiger partial charge in [-0.15, -0.1) is 0 Å². The summed E-state index contributed by atoms with van der Waals surface area (Å²) in [5, 5.41) is 0. The topological polar surface area (TPSA) is 17.1 Å². The summed E-state index contributed by atoms with van der Waals surface area (Å²) in [7, 11) is 0. The third-order valence-electron chi connectivity index (χ3n) is 2.52. The van der Waals surface area contributed by atoms with Crippen molar-refractivity contribution in [3.63, 3.8) is 0 Å².